The summed E-state index contributed by atoms with van der Waals surface area (Å²) < 4.78 is 0. The lowest BCUT2D eigenvalue weighted by molar-refractivity contribution is 0.979. The Morgan fingerprint density at radius 3 is 2.50 bits per heavy atom. The van der Waals surface area contributed by atoms with Gasteiger partial charge in [0.2, 0.25) is 0 Å². The van der Waals surface area contributed by atoms with Crippen LogP contribution in [0.1, 0.15) is 11.3 Å². The number of para-hydroxylation sites is 1. The summed E-state index contributed by atoms with van der Waals surface area (Å²) >= 11 is 0. The number of rotatable bonds is 1. The summed E-state index contributed by atoms with van der Waals surface area (Å²) in [5.74, 6) is 0. The quantitative estimate of drug-likeness (QED) is 0.826. The van der Waals surface area contributed by atoms with Crippen molar-refractivity contribution in [2.75, 3.05) is 0 Å². The number of halogens is 2. The van der Waals surface area contributed by atoms with Crippen molar-refractivity contribution < 1.29 is 0 Å². The Labute approximate surface area is 106 Å². The molecule has 0 amide bonds. The van der Waals surface area contributed by atoms with Crippen molar-refractivity contribution in [3.8, 4) is 0 Å². The van der Waals surface area contributed by atoms with Crippen LogP contribution in [0.5, 0.6) is 0 Å². The Kier molecular flexibility index (Phi) is 5.51. The number of aromatic amines is 1. The molecule has 16 heavy (non-hydrogen) atoms. The molecule has 0 spiro atoms. The number of hydrogen-bond acceptors (Lipinski definition) is 2. The normalized spacial score (nSPS) is 9.38. The largest absolute Gasteiger partial charge is 0.357 e. The molecule has 2 aromatic rings. The average Bonchev–Trinajstić information content (AvgIpc) is 2.23. The molecule has 0 saturated carbocycles. The molecular weight excluding hydrogens is 247 g/mol. The van der Waals surface area contributed by atoms with E-state index in [0.29, 0.717) is 12.1 Å². The zero-order valence-corrected chi connectivity index (χ0v) is 10.5. The Bertz CT molecular complexity index is 537. The molecule has 0 aliphatic heterocycles. The molecule has 1 aromatic heterocycles. The fourth-order valence-corrected chi connectivity index (χ4v) is 1.59. The first-order valence-electron chi connectivity index (χ1n) is 4.54. The van der Waals surface area contributed by atoms with Gasteiger partial charge in [-0.15, -0.1) is 24.8 Å². The standard InChI is InChI=1S/C11H12N2O.2ClH/c1-7-10(6-12)13-9-5-3-2-4-8(9)11(7)14;;/h2-5H,6,12H2,1H3,(H,13,14);2*1H. The molecule has 3 N–H and O–H groups in total. The van der Waals surface area contributed by atoms with Gasteiger partial charge < -0.3 is 10.7 Å². The second-order valence-corrected chi connectivity index (χ2v) is 3.31. The lowest BCUT2D eigenvalue weighted by Crippen LogP contribution is -2.14. The second-order valence-electron chi connectivity index (χ2n) is 3.31. The van der Waals surface area contributed by atoms with E-state index in [0.717, 1.165) is 16.6 Å². The van der Waals surface area contributed by atoms with Crippen molar-refractivity contribution in [1.29, 1.82) is 0 Å². The number of fused-ring (bicyclic) bond motifs is 1. The van der Waals surface area contributed by atoms with Gasteiger partial charge in [-0.25, -0.2) is 0 Å². The van der Waals surface area contributed by atoms with Gasteiger partial charge in [-0.2, -0.15) is 0 Å². The minimum absolute atomic E-state index is 0. The fraction of sp³-hybridized carbons (Fsp3) is 0.182. The predicted molar refractivity (Wildman–Crippen MR) is 71.7 cm³/mol. The summed E-state index contributed by atoms with van der Waals surface area (Å²) in [6.07, 6.45) is 0. The zero-order chi connectivity index (χ0) is 10.1. The van der Waals surface area contributed by atoms with E-state index in [1.165, 1.54) is 0 Å². The SMILES string of the molecule is Cc1c(CN)[nH]c2ccccc2c1=O.Cl.Cl. The van der Waals surface area contributed by atoms with Gasteiger partial charge >= 0.3 is 0 Å². The number of aromatic nitrogens is 1. The highest BCUT2D eigenvalue weighted by molar-refractivity contribution is 5.85. The van der Waals surface area contributed by atoms with E-state index >= 15 is 0 Å². The van der Waals surface area contributed by atoms with Gasteiger partial charge in [0.1, 0.15) is 0 Å². The first-order chi connectivity index (χ1) is 6.74. The first kappa shape index (κ1) is 15.0. The van der Waals surface area contributed by atoms with E-state index in [1.807, 2.05) is 24.3 Å². The molecule has 0 aliphatic carbocycles. The number of hydrogen-bond donors (Lipinski definition) is 2. The van der Waals surface area contributed by atoms with Gasteiger partial charge in [-0.3, -0.25) is 4.79 Å². The molecule has 3 nitrogen and oxygen atoms in total. The molecule has 0 atom stereocenters. The fourth-order valence-electron chi connectivity index (χ4n) is 1.59. The molecule has 0 unspecified atom stereocenters. The third kappa shape index (κ3) is 2.38. The molecule has 0 aliphatic rings. The first-order valence-corrected chi connectivity index (χ1v) is 4.54. The maximum Gasteiger partial charge on any atom is 0.192 e. The summed E-state index contributed by atoms with van der Waals surface area (Å²) in [5.41, 5.74) is 7.99. The zero-order valence-electron chi connectivity index (χ0n) is 8.82. The molecule has 0 radical (unpaired) electrons. The van der Waals surface area contributed by atoms with Crippen LogP contribution in [-0.2, 0) is 6.54 Å². The predicted octanol–water partition coefficient (Wildman–Crippen LogP) is 2.14. The molecule has 0 saturated heterocycles. The monoisotopic (exact) mass is 260 g/mol. The van der Waals surface area contributed by atoms with Crippen LogP contribution in [0.3, 0.4) is 0 Å². The highest BCUT2D eigenvalue weighted by Crippen LogP contribution is 2.09. The van der Waals surface area contributed by atoms with Crippen molar-refractivity contribution in [1.82, 2.24) is 4.98 Å². The van der Waals surface area contributed by atoms with Crippen LogP contribution < -0.4 is 11.2 Å². The number of H-pyrrole nitrogens is 1. The Hall–Kier alpha value is -1.03. The summed E-state index contributed by atoms with van der Waals surface area (Å²) in [6, 6.07) is 7.46. The topological polar surface area (TPSA) is 58.9 Å². The summed E-state index contributed by atoms with van der Waals surface area (Å²) in [5, 5.41) is 0.724. The maximum absolute atomic E-state index is 11.8. The summed E-state index contributed by atoms with van der Waals surface area (Å²) in [6.45, 7) is 2.17. The van der Waals surface area contributed by atoms with Crippen molar-refractivity contribution in [3.63, 3.8) is 0 Å². The number of benzene rings is 1. The van der Waals surface area contributed by atoms with E-state index in [1.54, 1.807) is 6.92 Å². The Morgan fingerprint density at radius 1 is 1.25 bits per heavy atom. The van der Waals surface area contributed by atoms with Gasteiger partial charge in [0, 0.05) is 28.7 Å². The van der Waals surface area contributed by atoms with Crippen LogP contribution >= 0.6 is 24.8 Å². The van der Waals surface area contributed by atoms with Crippen molar-refractivity contribution in [3.05, 3.63) is 45.7 Å². The highest BCUT2D eigenvalue weighted by Gasteiger charge is 2.05. The smallest absolute Gasteiger partial charge is 0.192 e. The minimum Gasteiger partial charge on any atom is -0.357 e. The molecule has 2 rings (SSSR count). The van der Waals surface area contributed by atoms with Gasteiger partial charge in [-0.05, 0) is 19.1 Å². The third-order valence-electron chi connectivity index (χ3n) is 2.45. The maximum atomic E-state index is 11.8. The van der Waals surface area contributed by atoms with Gasteiger partial charge in [0.15, 0.2) is 5.43 Å². The second kappa shape index (κ2) is 5.89. The Morgan fingerprint density at radius 2 is 1.88 bits per heavy atom. The van der Waals surface area contributed by atoms with Gasteiger partial charge in [0.25, 0.3) is 0 Å². The van der Waals surface area contributed by atoms with Crippen molar-refractivity contribution in [2.24, 2.45) is 5.73 Å². The van der Waals surface area contributed by atoms with E-state index < -0.39 is 0 Å². The number of nitrogens with two attached hydrogens (primary N) is 1. The average molecular weight is 261 g/mol. The molecule has 0 fully saturated rings. The van der Waals surface area contributed by atoms with Crippen LogP contribution in [-0.4, -0.2) is 4.98 Å². The van der Waals surface area contributed by atoms with Crippen LogP contribution in [0, 0.1) is 6.92 Å². The van der Waals surface area contributed by atoms with Gasteiger partial charge in [-0.1, -0.05) is 12.1 Å². The van der Waals surface area contributed by atoms with Gasteiger partial charge in [0.05, 0.1) is 0 Å². The highest BCUT2D eigenvalue weighted by atomic mass is 35.5. The number of pyridine rings is 1. The molecule has 5 heteroatoms. The number of nitrogens with one attached hydrogen (secondary N) is 1. The van der Waals surface area contributed by atoms with Crippen LogP contribution in [0.2, 0.25) is 0 Å². The van der Waals surface area contributed by atoms with E-state index in [9.17, 15) is 4.79 Å². The van der Waals surface area contributed by atoms with Crippen molar-refractivity contribution >= 4 is 35.7 Å². The van der Waals surface area contributed by atoms with E-state index in [2.05, 4.69) is 4.98 Å². The molecular formula is C11H14Cl2N2O. The van der Waals surface area contributed by atoms with E-state index in [4.69, 9.17) is 5.73 Å². The molecule has 1 heterocycles. The van der Waals surface area contributed by atoms with Crippen LogP contribution in [0.15, 0.2) is 29.1 Å². The lowest BCUT2D eigenvalue weighted by Gasteiger charge is -2.05. The van der Waals surface area contributed by atoms with E-state index in [-0.39, 0.29) is 30.2 Å². The molecule has 1 aromatic carbocycles. The summed E-state index contributed by atoms with van der Waals surface area (Å²) in [4.78, 5) is 15.0. The lowest BCUT2D eigenvalue weighted by atomic mass is 10.1. The van der Waals surface area contributed by atoms with Crippen LogP contribution in [0.25, 0.3) is 10.9 Å². The Balaban J connectivity index is 0.00000112. The minimum atomic E-state index is 0. The van der Waals surface area contributed by atoms with Crippen molar-refractivity contribution in [2.45, 2.75) is 13.5 Å². The third-order valence-corrected chi connectivity index (χ3v) is 2.45. The molecule has 0 bridgehead atoms. The summed E-state index contributed by atoms with van der Waals surface area (Å²) in [7, 11) is 0. The van der Waals surface area contributed by atoms with Crippen LogP contribution in [0.4, 0.5) is 0 Å². The molecule has 88 valence electrons.